The molecule has 2 heterocycles. The quantitative estimate of drug-likeness (QED) is 0.608. The van der Waals surface area contributed by atoms with Gasteiger partial charge in [0.2, 0.25) is 11.7 Å². The number of carbonyl (C=O) groups is 3. The minimum atomic E-state index is -1.04. The molecule has 2 rings (SSSR count). The molecule has 0 aromatic carbocycles. The van der Waals surface area contributed by atoms with Gasteiger partial charge < -0.3 is 23.8 Å². The molecular weight excluding hydrogens is 444 g/mol. The standard InChI is InChI=1S/C23H36N4O7/c1-21(2,3)14-16(32-18(28)26-12-11-13-26)25-15(17(24-14)31-10)27(19(29)33-22(4,5)6)20(30)34-23(7,8)9/h11-13H2,1-10H3. The van der Waals surface area contributed by atoms with E-state index < -0.39 is 34.9 Å². The first-order chi connectivity index (χ1) is 15.4. The van der Waals surface area contributed by atoms with Gasteiger partial charge in [-0.25, -0.2) is 19.4 Å². The van der Waals surface area contributed by atoms with Gasteiger partial charge in [0.25, 0.3) is 5.88 Å². The Hall–Kier alpha value is -3.11. The number of ether oxygens (including phenoxy) is 4. The molecule has 1 saturated heterocycles. The van der Waals surface area contributed by atoms with Crippen LogP contribution in [-0.2, 0) is 14.9 Å². The maximum absolute atomic E-state index is 13.1. The number of likely N-dealkylation sites (tertiary alicyclic amines) is 1. The minimum Gasteiger partial charge on any atom is -0.478 e. The number of hydrogen-bond donors (Lipinski definition) is 0. The molecule has 11 heteroatoms. The zero-order valence-corrected chi connectivity index (χ0v) is 21.8. The molecule has 0 bridgehead atoms. The summed E-state index contributed by atoms with van der Waals surface area (Å²) in [5.41, 5.74) is -2.13. The number of anilines is 1. The molecule has 1 aliphatic rings. The van der Waals surface area contributed by atoms with Gasteiger partial charge in [-0.3, -0.25) is 0 Å². The second-order valence-electron chi connectivity index (χ2n) is 11.0. The van der Waals surface area contributed by atoms with Crippen molar-refractivity contribution in [1.82, 2.24) is 14.9 Å². The zero-order chi connectivity index (χ0) is 26.1. The SMILES string of the molecule is COc1nc(C(C)(C)C)c(OC(=O)N2CCC2)nc1N(C(=O)OC(C)(C)C)C(=O)OC(C)(C)C. The Morgan fingerprint density at radius 1 is 0.824 bits per heavy atom. The van der Waals surface area contributed by atoms with Crippen molar-refractivity contribution in [2.24, 2.45) is 0 Å². The van der Waals surface area contributed by atoms with Crippen LogP contribution in [0.4, 0.5) is 20.2 Å². The van der Waals surface area contributed by atoms with Crippen LogP contribution in [0.5, 0.6) is 11.8 Å². The molecule has 1 aromatic rings. The van der Waals surface area contributed by atoms with Crippen molar-refractivity contribution in [3.63, 3.8) is 0 Å². The molecule has 0 N–H and O–H groups in total. The summed E-state index contributed by atoms with van der Waals surface area (Å²) in [6.07, 6.45) is -1.80. The molecule has 0 spiro atoms. The number of carbonyl (C=O) groups excluding carboxylic acids is 3. The minimum absolute atomic E-state index is 0.134. The van der Waals surface area contributed by atoms with E-state index in [9.17, 15) is 14.4 Å². The third kappa shape index (κ3) is 6.94. The molecule has 0 atom stereocenters. The summed E-state index contributed by atoms with van der Waals surface area (Å²) in [6.45, 7) is 16.7. The van der Waals surface area contributed by atoms with Gasteiger partial charge in [0.05, 0.1) is 7.11 Å². The molecule has 34 heavy (non-hydrogen) atoms. The molecule has 190 valence electrons. The second-order valence-corrected chi connectivity index (χ2v) is 11.0. The van der Waals surface area contributed by atoms with E-state index in [-0.39, 0.29) is 17.6 Å². The van der Waals surface area contributed by atoms with E-state index >= 15 is 0 Å². The average Bonchev–Trinajstić information content (AvgIpc) is 2.56. The van der Waals surface area contributed by atoms with Gasteiger partial charge in [-0.2, -0.15) is 9.88 Å². The first-order valence-electron chi connectivity index (χ1n) is 11.1. The summed E-state index contributed by atoms with van der Waals surface area (Å²) in [5, 5.41) is 0. The number of rotatable bonds is 3. The molecule has 0 aliphatic carbocycles. The van der Waals surface area contributed by atoms with Gasteiger partial charge in [-0.1, -0.05) is 20.8 Å². The largest absolute Gasteiger partial charge is 0.478 e. The van der Waals surface area contributed by atoms with Crippen molar-refractivity contribution in [3.8, 4) is 11.8 Å². The Morgan fingerprint density at radius 2 is 1.32 bits per heavy atom. The fourth-order valence-electron chi connectivity index (χ4n) is 2.75. The van der Waals surface area contributed by atoms with Crippen molar-refractivity contribution < 1.29 is 33.3 Å². The lowest BCUT2D eigenvalue weighted by Crippen LogP contribution is -2.45. The zero-order valence-electron chi connectivity index (χ0n) is 21.8. The average molecular weight is 481 g/mol. The highest BCUT2D eigenvalue weighted by molar-refractivity contribution is 6.09. The molecule has 0 unspecified atom stereocenters. The Balaban J connectivity index is 2.66. The number of aromatic nitrogens is 2. The number of amides is 3. The van der Waals surface area contributed by atoms with E-state index in [1.165, 1.54) is 12.0 Å². The normalized spacial score (nSPS) is 14.1. The first kappa shape index (κ1) is 27.1. The lowest BCUT2D eigenvalue weighted by Gasteiger charge is -2.31. The predicted molar refractivity (Wildman–Crippen MR) is 124 cm³/mol. The number of hydrogen-bond acceptors (Lipinski definition) is 9. The fourth-order valence-corrected chi connectivity index (χ4v) is 2.75. The van der Waals surface area contributed by atoms with E-state index in [1.54, 1.807) is 41.5 Å². The van der Waals surface area contributed by atoms with Crippen molar-refractivity contribution in [3.05, 3.63) is 5.69 Å². The van der Waals surface area contributed by atoms with Gasteiger partial charge in [0.1, 0.15) is 16.9 Å². The van der Waals surface area contributed by atoms with Gasteiger partial charge in [-0.15, -0.1) is 0 Å². The van der Waals surface area contributed by atoms with Crippen LogP contribution in [0, 0.1) is 0 Å². The van der Waals surface area contributed by atoms with E-state index in [0.717, 1.165) is 6.42 Å². The Labute approximate surface area is 200 Å². The summed E-state index contributed by atoms with van der Waals surface area (Å²) in [5.74, 6) is -0.590. The van der Waals surface area contributed by atoms with Crippen molar-refractivity contribution in [1.29, 1.82) is 0 Å². The van der Waals surface area contributed by atoms with E-state index in [0.29, 0.717) is 23.7 Å². The third-order valence-corrected chi connectivity index (χ3v) is 4.38. The molecule has 1 fully saturated rings. The summed E-state index contributed by atoms with van der Waals surface area (Å²) in [6, 6.07) is 0. The summed E-state index contributed by atoms with van der Waals surface area (Å²) in [7, 11) is 1.33. The molecule has 3 amide bonds. The molecule has 1 aliphatic heterocycles. The summed E-state index contributed by atoms with van der Waals surface area (Å²) >= 11 is 0. The van der Waals surface area contributed by atoms with Crippen LogP contribution < -0.4 is 14.4 Å². The fraction of sp³-hybridized carbons (Fsp3) is 0.696. The van der Waals surface area contributed by atoms with Crippen LogP contribution in [-0.4, -0.2) is 64.5 Å². The highest BCUT2D eigenvalue weighted by Gasteiger charge is 2.38. The van der Waals surface area contributed by atoms with Crippen LogP contribution in [0.25, 0.3) is 0 Å². The maximum atomic E-state index is 13.1. The van der Waals surface area contributed by atoms with Crippen LogP contribution >= 0.6 is 0 Å². The van der Waals surface area contributed by atoms with Gasteiger partial charge in [0.15, 0.2) is 0 Å². The highest BCUT2D eigenvalue weighted by Crippen LogP contribution is 2.36. The first-order valence-corrected chi connectivity index (χ1v) is 11.1. The smallest absolute Gasteiger partial charge is 0.425 e. The van der Waals surface area contributed by atoms with Crippen LogP contribution in [0.15, 0.2) is 0 Å². The van der Waals surface area contributed by atoms with E-state index in [1.807, 2.05) is 20.8 Å². The monoisotopic (exact) mass is 480 g/mol. The van der Waals surface area contributed by atoms with Gasteiger partial charge >= 0.3 is 18.3 Å². The Kier molecular flexibility index (Phi) is 7.69. The highest BCUT2D eigenvalue weighted by atomic mass is 16.6. The van der Waals surface area contributed by atoms with E-state index in [4.69, 9.17) is 18.9 Å². The van der Waals surface area contributed by atoms with Crippen LogP contribution in [0.1, 0.15) is 74.4 Å². The van der Waals surface area contributed by atoms with Gasteiger partial charge in [0, 0.05) is 18.5 Å². The van der Waals surface area contributed by atoms with Crippen molar-refractivity contribution in [2.45, 2.75) is 85.4 Å². The second kappa shape index (κ2) is 9.63. The molecular formula is C23H36N4O7. The third-order valence-electron chi connectivity index (χ3n) is 4.38. The van der Waals surface area contributed by atoms with Gasteiger partial charge in [-0.05, 0) is 48.0 Å². The lowest BCUT2D eigenvalue weighted by atomic mass is 9.92. The van der Waals surface area contributed by atoms with E-state index in [2.05, 4.69) is 9.97 Å². The number of nitrogens with zero attached hydrogens (tertiary/aromatic N) is 4. The van der Waals surface area contributed by atoms with Crippen LogP contribution in [0.2, 0.25) is 0 Å². The molecule has 0 radical (unpaired) electrons. The molecule has 0 saturated carbocycles. The lowest BCUT2D eigenvalue weighted by molar-refractivity contribution is 0.0427. The van der Waals surface area contributed by atoms with Crippen molar-refractivity contribution >= 4 is 24.1 Å². The molecule has 1 aromatic heterocycles. The topological polar surface area (TPSA) is 120 Å². The Morgan fingerprint density at radius 3 is 1.68 bits per heavy atom. The molecule has 11 nitrogen and oxygen atoms in total. The van der Waals surface area contributed by atoms with Crippen LogP contribution in [0.3, 0.4) is 0 Å². The maximum Gasteiger partial charge on any atom is 0.425 e. The number of methoxy groups -OCH3 is 1. The predicted octanol–water partition coefficient (Wildman–Crippen LogP) is 4.66. The summed E-state index contributed by atoms with van der Waals surface area (Å²) < 4.78 is 21.8. The summed E-state index contributed by atoms with van der Waals surface area (Å²) in [4.78, 5) is 49.7. The Bertz CT molecular complexity index is 910. The van der Waals surface area contributed by atoms with Crippen molar-refractivity contribution in [2.75, 3.05) is 25.1 Å². The number of imide groups is 1.